The van der Waals surface area contributed by atoms with Crippen LogP contribution >= 0.6 is 0 Å². The summed E-state index contributed by atoms with van der Waals surface area (Å²) in [6.07, 6.45) is 0.252. The highest BCUT2D eigenvalue weighted by Gasteiger charge is 2.37. The summed E-state index contributed by atoms with van der Waals surface area (Å²) in [5.74, 6) is -0.610. The zero-order valence-electron chi connectivity index (χ0n) is 12.5. The van der Waals surface area contributed by atoms with Crippen LogP contribution in [0.3, 0.4) is 0 Å². The Morgan fingerprint density at radius 2 is 1.90 bits per heavy atom. The molecule has 1 heterocycles. The molecule has 0 aliphatic carbocycles. The highest BCUT2D eigenvalue weighted by Crippen LogP contribution is 2.29. The van der Waals surface area contributed by atoms with Gasteiger partial charge in [0.05, 0.1) is 19.1 Å². The van der Waals surface area contributed by atoms with Crippen LogP contribution < -0.4 is 0 Å². The average molecular weight is 275 g/mol. The lowest BCUT2D eigenvalue weighted by atomic mass is 10.0. The molecule has 0 N–H and O–H groups in total. The number of aryl methyl sites for hydroxylation is 2. The Labute approximate surface area is 119 Å². The number of esters is 1. The first-order valence-corrected chi connectivity index (χ1v) is 6.88. The van der Waals surface area contributed by atoms with Crippen LogP contribution in [0.15, 0.2) is 18.2 Å². The summed E-state index contributed by atoms with van der Waals surface area (Å²) in [5.41, 5.74) is 3.48. The first-order chi connectivity index (χ1) is 9.42. The van der Waals surface area contributed by atoms with Crippen molar-refractivity contribution in [2.45, 2.75) is 33.2 Å². The number of nitrogens with zero attached hydrogens (tertiary/aromatic N) is 1. The summed E-state index contributed by atoms with van der Waals surface area (Å²) in [4.78, 5) is 25.5. The van der Waals surface area contributed by atoms with Gasteiger partial charge in [0, 0.05) is 13.0 Å². The third kappa shape index (κ3) is 2.84. The lowest BCUT2D eigenvalue weighted by Crippen LogP contribution is -2.29. The summed E-state index contributed by atoms with van der Waals surface area (Å²) in [6.45, 7) is 6.55. The second-order valence-corrected chi connectivity index (χ2v) is 5.57. The molecule has 1 aromatic rings. The number of rotatable bonds is 3. The molecule has 1 aliphatic rings. The minimum Gasteiger partial charge on any atom is -0.469 e. The van der Waals surface area contributed by atoms with Crippen LogP contribution in [0.1, 0.15) is 36.1 Å². The Morgan fingerprint density at radius 3 is 2.45 bits per heavy atom. The van der Waals surface area contributed by atoms with Gasteiger partial charge in [-0.1, -0.05) is 29.3 Å². The largest absolute Gasteiger partial charge is 0.469 e. The van der Waals surface area contributed by atoms with E-state index in [0.29, 0.717) is 6.54 Å². The van der Waals surface area contributed by atoms with E-state index in [4.69, 9.17) is 4.74 Å². The van der Waals surface area contributed by atoms with Gasteiger partial charge in [-0.2, -0.15) is 0 Å². The van der Waals surface area contributed by atoms with Crippen LogP contribution in [-0.4, -0.2) is 30.4 Å². The molecule has 20 heavy (non-hydrogen) atoms. The molecular weight excluding hydrogens is 254 g/mol. The zero-order valence-corrected chi connectivity index (χ0v) is 12.5. The Bertz CT molecular complexity index is 518. The van der Waals surface area contributed by atoms with Gasteiger partial charge in [-0.05, 0) is 26.3 Å². The van der Waals surface area contributed by atoms with Gasteiger partial charge >= 0.3 is 5.97 Å². The van der Waals surface area contributed by atoms with Crippen molar-refractivity contribution in [3.05, 3.63) is 34.9 Å². The van der Waals surface area contributed by atoms with Crippen LogP contribution in [0.4, 0.5) is 0 Å². The second kappa shape index (κ2) is 5.65. The van der Waals surface area contributed by atoms with Gasteiger partial charge in [-0.3, -0.25) is 9.59 Å². The van der Waals surface area contributed by atoms with Crippen molar-refractivity contribution in [2.75, 3.05) is 13.7 Å². The molecule has 4 heteroatoms. The summed E-state index contributed by atoms with van der Waals surface area (Å²) in [7, 11) is 1.36. The maximum Gasteiger partial charge on any atom is 0.310 e. The predicted octanol–water partition coefficient (Wildman–Crippen LogP) is 2.39. The Kier molecular flexibility index (Phi) is 4.12. The van der Waals surface area contributed by atoms with E-state index in [-0.39, 0.29) is 30.3 Å². The Balaban J connectivity index is 2.19. The summed E-state index contributed by atoms with van der Waals surface area (Å²) < 4.78 is 4.74. The number of methoxy groups -OCH3 is 1. The molecule has 108 valence electrons. The van der Waals surface area contributed by atoms with Crippen LogP contribution in [0.2, 0.25) is 0 Å². The van der Waals surface area contributed by atoms with Gasteiger partial charge in [0.25, 0.3) is 0 Å². The molecule has 1 saturated heterocycles. The minimum absolute atomic E-state index is 0.0178. The monoisotopic (exact) mass is 275 g/mol. The number of amides is 1. The molecule has 4 nitrogen and oxygen atoms in total. The number of benzene rings is 1. The number of carbonyl (C=O) groups excluding carboxylic acids is 2. The van der Waals surface area contributed by atoms with E-state index < -0.39 is 0 Å². The number of ether oxygens (including phenoxy) is 1. The molecule has 0 bridgehead atoms. The molecule has 0 spiro atoms. The Hall–Kier alpha value is -1.84. The van der Waals surface area contributed by atoms with E-state index in [0.717, 1.165) is 5.56 Å². The highest BCUT2D eigenvalue weighted by molar-refractivity contribution is 5.87. The summed E-state index contributed by atoms with van der Waals surface area (Å²) in [5, 5.41) is 0. The van der Waals surface area contributed by atoms with E-state index in [1.54, 1.807) is 4.90 Å². The van der Waals surface area contributed by atoms with Gasteiger partial charge in [0.2, 0.25) is 5.91 Å². The number of carbonyl (C=O) groups is 2. The van der Waals surface area contributed by atoms with Crippen LogP contribution in [0.25, 0.3) is 0 Å². The van der Waals surface area contributed by atoms with Crippen molar-refractivity contribution < 1.29 is 14.3 Å². The first kappa shape index (κ1) is 14.6. The molecule has 2 unspecified atom stereocenters. The number of likely N-dealkylation sites (tertiary alicyclic amines) is 1. The molecule has 2 atom stereocenters. The lowest BCUT2D eigenvalue weighted by Gasteiger charge is -2.25. The van der Waals surface area contributed by atoms with E-state index in [1.165, 1.54) is 18.2 Å². The molecule has 0 radical (unpaired) electrons. The molecular formula is C16H21NO3. The average Bonchev–Trinajstić information content (AvgIpc) is 2.78. The quantitative estimate of drug-likeness (QED) is 0.796. The predicted molar refractivity (Wildman–Crippen MR) is 76.2 cm³/mol. The molecule has 0 saturated carbocycles. The zero-order chi connectivity index (χ0) is 14.9. The van der Waals surface area contributed by atoms with Crippen molar-refractivity contribution in [3.63, 3.8) is 0 Å². The van der Waals surface area contributed by atoms with Crippen molar-refractivity contribution in [1.82, 2.24) is 4.90 Å². The fourth-order valence-corrected chi connectivity index (χ4v) is 2.86. The SMILES string of the molecule is COC(=O)C1CC(=O)N(C(C)c2cc(C)cc(C)c2)C1. The molecule has 0 aromatic heterocycles. The topological polar surface area (TPSA) is 46.6 Å². The van der Waals surface area contributed by atoms with Gasteiger partial charge < -0.3 is 9.64 Å². The lowest BCUT2D eigenvalue weighted by molar-refractivity contribution is -0.145. The molecule has 1 amide bonds. The van der Waals surface area contributed by atoms with Crippen LogP contribution in [-0.2, 0) is 14.3 Å². The van der Waals surface area contributed by atoms with Crippen LogP contribution in [0, 0.1) is 19.8 Å². The van der Waals surface area contributed by atoms with Crippen molar-refractivity contribution in [1.29, 1.82) is 0 Å². The fourth-order valence-electron chi connectivity index (χ4n) is 2.86. The van der Waals surface area contributed by atoms with Crippen molar-refractivity contribution in [3.8, 4) is 0 Å². The molecule has 2 rings (SSSR count). The molecule has 1 aromatic carbocycles. The van der Waals surface area contributed by atoms with E-state index in [2.05, 4.69) is 18.2 Å². The third-order valence-corrected chi connectivity index (χ3v) is 3.89. The second-order valence-electron chi connectivity index (χ2n) is 5.57. The third-order valence-electron chi connectivity index (χ3n) is 3.89. The maximum atomic E-state index is 12.1. The van der Waals surface area contributed by atoms with E-state index in [1.807, 2.05) is 20.8 Å². The van der Waals surface area contributed by atoms with E-state index >= 15 is 0 Å². The number of hydrogen-bond donors (Lipinski definition) is 0. The maximum absolute atomic E-state index is 12.1. The van der Waals surface area contributed by atoms with Crippen molar-refractivity contribution in [2.24, 2.45) is 5.92 Å². The van der Waals surface area contributed by atoms with Gasteiger partial charge in [-0.15, -0.1) is 0 Å². The molecule has 1 fully saturated rings. The smallest absolute Gasteiger partial charge is 0.310 e. The first-order valence-electron chi connectivity index (χ1n) is 6.88. The van der Waals surface area contributed by atoms with Gasteiger partial charge in [0.1, 0.15) is 0 Å². The summed E-state index contributed by atoms with van der Waals surface area (Å²) in [6, 6.07) is 6.28. The standard InChI is InChI=1S/C16H21NO3/c1-10-5-11(2)7-13(6-10)12(3)17-9-14(8-15(17)18)16(19)20-4/h5-7,12,14H,8-9H2,1-4H3. The van der Waals surface area contributed by atoms with Gasteiger partial charge in [-0.25, -0.2) is 0 Å². The minimum atomic E-state index is -0.333. The summed E-state index contributed by atoms with van der Waals surface area (Å²) >= 11 is 0. The van der Waals surface area contributed by atoms with Gasteiger partial charge in [0.15, 0.2) is 0 Å². The van der Waals surface area contributed by atoms with Crippen LogP contribution in [0.5, 0.6) is 0 Å². The number of hydrogen-bond acceptors (Lipinski definition) is 3. The highest BCUT2D eigenvalue weighted by atomic mass is 16.5. The molecule has 1 aliphatic heterocycles. The van der Waals surface area contributed by atoms with E-state index in [9.17, 15) is 9.59 Å². The Morgan fingerprint density at radius 1 is 1.30 bits per heavy atom. The van der Waals surface area contributed by atoms with Crippen molar-refractivity contribution >= 4 is 11.9 Å². The normalized spacial score (nSPS) is 20.1. The fraction of sp³-hybridized carbons (Fsp3) is 0.500.